The molecule has 2 saturated heterocycles. The maximum atomic E-state index is 11.7. The van der Waals surface area contributed by atoms with Crippen LogP contribution in [0.4, 0.5) is 0 Å². The molecule has 1 amide bonds. The lowest BCUT2D eigenvalue weighted by Crippen LogP contribution is -2.38. The second-order valence-corrected chi connectivity index (χ2v) is 5.41. The molecule has 2 heterocycles. The number of rotatable bonds is 5. The number of halogens is 2. The Morgan fingerprint density at radius 3 is 2.68 bits per heavy atom. The van der Waals surface area contributed by atoms with Gasteiger partial charge < -0.3 is 15.5 Å². The number of hydrogen-bond donors (Lipinski definition) is 2. The molecule has 0 spiro atoms. The lowest BCUT2D eigenvalue weighted by molar-refractivity contribution is -0.121. The quantitative estimate of drug-likeness (QED) is 0.810. The molecule has 0 aromatic heterocycles. The fraction of sp³-hybridized carbons (Fsp3) is 0.923. The van der Waals surface area contributed by atoms with Gasteiger partial charge in [0.1, 0.15) is 0 Å². The van der Waals surface area contributed by atoms with Gasteiger partial charge in [-0.1, -0.05) is 0 Å². The van der Waals surface area contributed by atoms with Crippen LogP contribution in [0, 0.1) is 0 Å². The van der Waals surface area contributed by atoms with Gasteiger partial charge >= 0.3 is 0 Å². The van der Waals surface area contributed by atoms with Crippen LogP contribution in [0.3, 0.4) is 0 Å². The van der Waals surface area contributed by atoms with Crippen molar-refractivity contribution in [2.75, 3.05) is 26.7 Å². The average Bonchev–Trinajstić information content (AvgIpc) is 2.95. The Morgan fingerprint density at radius 1 is 1.32 bits per heavy atom. The third kappa shape index (κ3) is 6.30. The Hall–Kier alpha value is -0.0300. The number of carbonyl (C=O) groups excluding carboxylic acids is 1. The minimum absolute atomic E-state index is 0. The summed E-state index contributed by atoms with van der Waals surface area (Å²) in [6.07, 6.45) is 6.65. The highest BCUT2D eigenvalue weighted by atomic mass is 35.5. The third-order valence-electron chi connectivity index (χ3n) is 4.09. The van der Waals surface area contributed by atoms with E-state index in [1.807, 2.05) is 0 Å². The lowest BCUT2D eigenvalue weighted by atomic mass is 10.1. The van der Waals surface area contributed by atoms with E-state index >= 15 is 0 Å². The van der Waals surface area contributed by atoms with Crippen molar-refractivity contribution in [2.45, 2.75) is 50.6 Å². The molecule has 2 rings (SSSR count). The molecular weight excluding hydrogens is 285 g/mol. The maximum absolute atomic E-state index is 11.7. The van der Waals surface area contributed by atoms with Crippen LogP contribution in [-0.2, 0) is 4.79 Å². The summed E-state index contributed by atoms with van der Waals surface area (Å²) in [5, 5.41) is 6.50. The van der Waals surface area contributed by atoms with E-state index in [9.17, 15) is 4.79 Å². The molecular formula is C13H27Cl2N3O. The van der Waals surface area contributed by atoms with Gasteiger partial charge in [-0.3, -0.25) is 4.79 Å². The van der Waals surface area contributed by atoms with Crippen LogP contribution in [0.1, 0.15) is 38.5 Å². The lowest BCUT2D eigenvalue weighted by Gasteiger charge is -2.19. The topological polar surface area (TPSA) is 44.4 Å². The minimum atomic E-state index is 0. The molecule has 0 radical (unpaired) electrons. The van der Waals surface area contributed by atoms with Crippen molar-refractivity contribution in [2.24, 2.45) is 0 Å². The smallest absolute Gasteiger partial charge is 0.220 e. The first kappa shape index (κ1) is 19.0. The van der Waals surface area contributed by atoms with Gasteiger partial charge in [0.25, 0.3) is 0 Å². The second-order valence-electron chi connectivity index (χ2n) is 5.41. The summed E-state index contributed by atoms with van der Waals surface area (Å²) in [6.45, 7) is 3.12. The second kappa shape index (κ2) is 9.81. The van der Waals surface area contributed by atoms with Crippen LogP contribution < -0.4 is 10.6 Å². The van der Waals surface area contributed by atoms with Crippen LogP contribution in [0.15, 0.2) is 0 Å². The molecule has 6 heteroatoms. The summed E-state index contributed by atoms with van der Waals surface area (Å²) < 4.78 is 0. The molecule has 0 aromatic rings. The summed E-state index contributed by atoms with van der Waals surface area (Å²) in [5.74, 6) is 0.221. The summed E-state index contributed by atoms with van der Waals surface area (Å²) >= 11 is 0. The molecule has 0 aromatic carbocycles. The Labute approximate surface area is 128 Å². The van der Waals surface area contributed by atoms with Crippen molar-refractivity contribution in [1.82, 2.24) is 15.5 Å². The van der Waals surface area contributed by atoms with Gasteiger partial charge in [-0.15, -0.1) is 24.8 Å². The third-order valence-corrected chi connectivity index (χ3v) is 4.09. The fourth-order valence-electron chi connectivity index (χ4n) is 2.87. The predicted molar refractivity (Wildman–Crippen MR) is 83.4 cm³/mol. The number of nitrogens with zero attached hydrogens (tertiary/aromatic N) is 1. The predicted octanol–water partition coefficient (Wildman–Crippen LogP) is 1.57. The standard InChI is InChI=1S/C13H25N3O.2ClH/c1-16-9-3-5-12(16)10-15-13(17)7-6-11-4-2-8-14-11;;/h11-12,14H,2-10H2,1H3,(H,15,17);2*1H. The maximum Gasteiger partial charge on any atom is 0.220 e. The van der Waals surface area contributed by atoms with Crippen molar-refractivity contribution in [1.29, 1.82) is 0 Å². The van der Waals surface area contributed by atoms with E-state index in [0.29, 0.717) is 18.5 Å². The highest BCUT2D eigenvalue weighted by molar-refractivity contribution is 5.85. The zero-order valence-corrected chi connectivity index (χ0v) is 13.3. The highest BCUT2D eigenvalue weighted by Gasteiger charge is 2.21. The van der Waals surface area contributed by atoms with Crippen molar-refractivity contribution in [3.8, 4) is 0 Å². The normalized spacial score (nSPS) is 26.6. The molecule has 0 bridgehead atoms. The molecule has 2 aliphatic rings. The molecule has 2 fully saturated rings. The first-order valence-corrected chi connectivity index (χ1v) is 6.96. The van der Waals surface area contributed by atoms with Gasteiger partial charge in [0.15, 0.2) is 0 Å². The fourth-order valence-corrected chi connectivity index (χ4v) is 2.87. The van der Waals surface area contributed by atoms with E-state index in [1.54, 1.807) is 0 Å². The van der Waals surface area contributed by atoms with Crippen molar-refractivity contribution >= 4 is 30.7 Å². The molecule has 2 aliphatic heterocycles. The molecule has 2 N–H and O–H groups in total. The zero-order valence-electron chi connectivity index (χ0n) is 11.7. The summed E-state index contributed by atoms with van der Waals surface area (Å²) in [5.41, 5.74) is 0. The molecule has 19 heavy (non-hydrogen) atoms. The SMILES string of the molecule is CN1CCCC1CNC(=O)CCC1CCCN1.Cl.Cl. The number of likely N-dealkylation sites (N-methyl/N-ethyl adjacent to an activating group) is 1. The van der Waals surface area contributed by atoms with Gasteiger partial charge in [0.2, 0.25) is 5.91 Å². The molecule has 4 nitrogen and oxygen atoms in total. The van der Waals surface area contributed by atoms with E-state index in [4.69, 9.17) is 0 Å². The molecule has 114 valence electrons. The van der Waals surface area contributed by atoms with Gasteiger partial charge in [-0.2, -0.15) is 0 Å². The summed E-state index contributed by atoms with van der Waals surface area (Å²) in [6, 6.07) is 1.14. The Kier molecular flexibility index (Phi) is 9.79. The molecule has 0 saturated carbocycles. The van der Waals surface area contributed by atoms with Gasteiger partial charge in [-0.25, -0.2) is 0 Å². The van der Waals surface area contributed by atoms with Gasteiger partial charge in [0.05, 0.1) is 0 Å². The number of likely N-dealkylation sites (tertiary alicyclic amines) is 1. The molecule has 2 atom stereocenters. The monoisotopic (exact) mass is 311 g/mol. The number of hydrogen-bond acceptors (Lipinski definition) is 3. The van der Waals surface area contributed by atoms with Crippen LogP contribution >= 0.6 is 24.8 Å². The van der Waals surface area contributed by atoms with Crippen molar-refractivity contribution in [3.05, 3.63) is 0 Å². The van der Waals surface area contributed by atoms with E-state index in [1.165, 1.54) is 32.2 Å². The Bertz CT molecular complexity index is 260. The highest BCUT2D eigenvalue weighted by Crippen LogP contribution is 2.14. The first-order chi connectivity index (χ1) is 8.25. The number of amides is 1. The Balaban J connectivity index is 0.00000162. The molecule has 2 unspecified atom stereocenters. The van der Waals surface area contributed by atoms with Crippen molar-refractivity contribution in [3.63, 3.8) is 0 Å². The van der Waals surface area contributed by atoms with E-state index < -0.39 is 0 Å². The van der Waals surface area contributed by atoms with Crippen LogP contribution in [0.25, 0.3) is 0 Å². The first-order valence-electron chi connectivity index (χ1n) is 6.96. The Morgan fingerprint density at radius 2 is 2.11 bits per heavy atom. The number of nitrogens with one attached hydrogen (secondary N) is 2. The van der Waals surface area contributed by atoms with E-state index in [2.05, 4.69) is 22.6 Å². The van der Waals surface area contributed by atoms with Crippen LogP contribution in [0.5, 0.6) is 0 Å². The van der Waals surface area contributed by atoms with Crippen LogP contribution in [0.2, 0.25) is 0 Å². The summed E-state index contributed by atoms with van der Waals surface area (Å²) in [7, 11) is 2.15. The summed E-state index contributed by atoms with van der Waals surface area (Å²) in [4.78, 5) is 14.1. The molecule has 0 aliphatic carbocycles. The van der Waals surface area contributed by atoms with Gasteiger partial charge in [-0.05, 0) is 52.2 Å². The minimum Gasteiger partial charge on any atom is -0.355 e. The van der Waals surface area contributed by atoms with Gasteiger partial charge in [0, 0.05) is 25.0 Å². The van der Waals surface area contributed by atoms with Crippen molar-refractivity contribution < 1.29 is 4.79 Å². The average molecular weight is 312 g/mol. The number of carbonyl (C=O) groups is 1. The van der Waals surface area contributed by atoms with E-state index in [-0.39, 0.29) is 30.7 Å². The van der Waals surface area contributed by atoms with E-state index in [0.717, 1.165) is 19.5 Å². The largest absolute Gasteiger partial charge is 0.355 e. The zero-order chi connectivity index (χ0) is 12.1. The van der Waals surface area contributed by atoms with Crippen LogP contribution in [-0.4, -0.2) is 49.6 Å².